The molecular formula is C13H21N3O2. The number of rotatable bonds is 4. The monoisotopic (exact) mass is 251 g/mol. The zero-order valence-corrected chi connectivity index (χ0v) is 11.3. The molecule has 18 heavy (non-hydrogen) atoms. The van der Waals surface area contributed by atoms with Gasteiger partial charge in [0.2, 0.25) is 11.8 Å². The lowest BCUT2D eigenvalue weighted by Crippen LogP contribution is -2.30. The summed E-state index contributed by atoms with van der Waals surface area (Å²) in [6.07, 6.45) is 2.29. The highest BCUT2D eigenvalue weighted by molar-refractivity contribution is 5.31. The van der Waals surface area contributed by atoms with Gasteiger partial charge >= 0.3 is 0 Å². The zero-order valence-electron chi connectivity index (χ0n) is 11.3. The van der Waals surface area contributed by atoms with Gasteiger partial charge < -0.3 is 14.8 Å². The average molecular weight is 251 g/mol. The van der Waals surface area contributed by atoms with Crippen LogP contribution in [0.5, 0.6) is 5.88 Å². The summed E-state index contributed by atoms with van der Waals surface area (Å²) in [7, 11) is 0. The predicted octanol–water partition coefficient (Wildman–Crippen LogP) is 2.16. The molecule has 2 rings (SSSR count). The van der Waals surface area contributed by atoms with Crippen LogP contribution in [0.15, 0.2) is 6.07 Å². The van der Waals surface area contributed by atoms with Crippen LogP contribution in [0.1, 0.15) is 32.4 Å². The second-order valence-electron chi connectivity index (χ2n) is 4.90. The first-order chi connectivity index (χ1) is 8.63. The van der Waals surface area contributed by atoms with E-state index >= 15 is 0 Å². The Morgan fingerprint density at radius 3 is 2.94 bits per heavy atom. The molecule has 0 spiro atoms. The molecule has 0 bridgehead atoms. The molecule has 5 nitrogen and oxygen atoms in total. The lowest BCUT2D eigenvalue weighted by atomic mass is 10.1. The molecule has 1 saturated heterocycles. The Hall–Kier alpha value is -1.36. The first-order valence-corrected chi connectivity index (χ1v) is 6.50. The van der Waals surface area contributed by atoms with E-state index in [1.165, 1.54) is 0 Å². The van der Waals surface area contributed by atoms with Gasteiger partial charge in [-0.05, 0) is 33.6 Å². The van der Waals surface area contributed by atoms with Crippen molar-refractivity contribution in [2.75, 3.05) is 18.5 Å². The summed E-state index contributed by atoms with van der Waals surface area (Å²) in [6, 6.07) is 2.15. The van der Waals surface area contributed by atoms with Gasteiger partial charge in [-0.2, -0.15) is 4.98 Å². The van der Waals surface area contributed by atoms with E-state index in [4.69, 9.17) is 9.47 Å². The summed E-state index contributed by atoms with van der Waals surface area (Å²) in [5.74, 6) is 1.25. The van der Waals surface area contributed by atoms with Crippen molar-refractivity contribution in [2.45, 2.75) is 45.8 Å². The minimum absolute atomic E-state index is 0.116. The lowest BCUT2D eigenvalue weighted by molar-refractivity contribution is 0.0873. The second-order valence-corrected chi connectivity index (χ2v) is 4.90. The van der Waals surface area contributed by atoms with Gasteiger partial charge in [0.15, 0.2) is 0 Å². The molecule has 100 valence electrons. The largest absolute Gasteiger partial charge is 0.475 e. The minimum Gasteiger partial charge on any atom is -0.475 e. The maximum absolute atomic E-state index is 5.60. The van der Waals surface area contributed by atoms with Gasteiger partial charge in [-0.1, -0.05) is 0 Å². The number of ether oxygens (including phenoxy) is 2. The number of nitrogens with zero attached hydrogens (tertiary/aromatic N) is 2. The first kappa shape index (κ1) is 13.1. The van der Waals surface area contributed by atoms with Crippen LogP contribution < -0.4 is 10.1 Å². The van der Waals surface area contributed by atoms with Crippen molar-refractivity contribution in [1.82, 2.24) is 9.97 Å². The molecule has 1 unspecified atom stereocenters. The normalized spacial score (nSPS) is 19.9. The van der Waals surface area contributed by atoms with E-state index in [2.05, 4.69) is 15.3 Å². The van der Waals surface area contributed by atoms with Gasteiger partial charge in [0.25, 0.3) is 0 Å². The van der Waals surface area contributed by atoms with E-state index in [1.807, 2.05) is 26.8 Å². The lowest BCUT2D eigenvalue weighted by Gasteiger charge is -2.23. The number of anilines is 1. The number of hydrogen-bond acceptors (Lipinski definition) is 5. The van der Waals surface area contributed by atoms with Crippen LogP contribution in [0.2, 0.25) is 0 Å². The van der Waals surface area contributed by atoms with E-state index in [-0.39, 0.29) is 6.10 Å². The summed E-state index contributed by atoms with van der Waals surface area (Å²) in [4.78, 5) is 8.75. The summed E-state index contributed by atoms with van der Waals surface area (Å²) in [6.45, 7) is 7.49. The standard InChI is InChI=1S/C13H21N3O2/c1-9(2)18-12-7-10(3)14-13(16-12)15-11-5-4-6-17-8-11/h7,9,11H,4-6,8H2,1-3H3,(H,14,15,16). The Morgan fingerprint density at radius 2 is 2.28 bits per heavy atom. The van der Waals surface area contributed by atoms with Crippen LogP contribution in [0, 0.1) is 6.92 Å². The fourth-order valence-electron chi connectivity index (χ4n) is 1.94. The van der Waals surface area contributed by atoms with Gasteiger partial charge in [-0.25, -0.2) is 4.98 Å². The van der Waals surface area contributed by atoms with Crippen LogP contribution >= 0.6 is 0 Å². The Kier molecular flexibility index (Phi) is 4.36. The van der Waals surface area contributed by atoms with Gasteiger partial charge in [0, 0.05) is 18.4 Å². The SMILES string of the molecule is Cc1cc(OC(C)C)nc(NC2CCCOC2)n1. The molecule has 0 amide bonds. The third kappa shape index (κ3) is 3.84. The fourth-order valence-corrected chi connectivity index (χ4v) is 1.94. The number of nitrogens with one attached hydrogen (secondary N) is 1. The summed E-state index contributed by atoms with van der Waals surface area (Å²) in [5, 5.41) is 3.31. The topological polar surface area (TPSA) is 56.3 Å². The quantitative estimate of drug-likeness (QED) is 0.888. The Balaban J connectivity index is 2.04. The molecule has 1 atom stereocenters. The van der Waals surface area contributed by atoms with E-state index in [9.17, 15) is 0 Å². The zero-order chi connectivity index (χ0) is 13.0. The minimum atomic E-state index is 0.116. The summed E-state index contributed by atoms with van der Waals surface area (Å²) < 4.78 is 11.0. The van der Waals surface area contributed by atoms with Crippen molar-refractivity contribution in [3.05, 3.63) is 11.8 Å². The average Bonchev–Trinajstić information content (AvgIpc) is 2.28. The molecule has 1 aliphatic rings. The highest BCUT2D eigenvalue weighted by Gasteiger charge is 2.15. The van der Waals surface area contributed by atoms with Gasteiger partial charge in [0.05, 0.1) is 18.8 Å². The maximum Gasteiger partial charge on any atom is 0.226 e. The highest BCUT2D eigenvalue weighted by atomic mass is 16.5. The molecule has 0 radical (unpaired) electrons. The predicted molar refractivity (Wildman–Crippen MR) is 70.0 cm³/mol. The molecule has 1 aromatic heterocycles. The summed E-state index contributed by atoms with van der Waals surface area (Å²) >= 11 is 0. The van der Waals surface area contributed by atoms with E-state index in [0.717, 1.165) is 31.7 Å². The van der Waals surface area contributed by atoms with E-state index in [1.54, 1.807) is 0 Å². The maximum atomic E-state index is 5.60. The molecular weight excluding hydrogens is 230 g/mol. The van der Waals surface area contributed by atoms with Crippen molar-refractivity contribution in [3.63, 3.8) is 0 Å². The molecule has 1 N–H and O–H groups in total. The van der Waals surface area contributed by atoms with Crippen LogP contribution in [0.4, 0.5) is 5.95 Å². The van der Waals surface area contributed by atoms with Crippen LogP contribution in [-0.2, 0) is 4.74 Å². The Morgan fingerprint density at radius 1 is 1.44 bits per heavy atom. The van der Waals surface area contributed by atoms with Crippen LogP contribution in [-0.4, -0.2) is 35.3 Å². The molecule has 1 aliphatic heterocycles. The van der Waals surface area contributed by atoms with Crippen LogP contribution in [0.25, 0.3) is 0 Å². The van der Waals surface area contributed by atoms with Gasteiger partial charge in [-0.3, -0.25) is 0 Å². The molecule has 1 fully saturated rings. The third-order valence-electron chi connectivity index (χ3n) is 2.68. The molecule has 2 heterocycles. The fraction of sp³-hybridized carbons (Fsp3) is 0.692. The number of aromatic nitrogens is 2. The smallest absolute Gasteiger partial charge is 0.226 e. The third-order valence-corrected chi connectivity index (χ3v) is 2.68. The van der Waals surface area contributed by atoms with Gasteiger partial charge in [0.1, 0.15) is 0 Å². The van der Waals surface area contributed by atoms with Crippen molar-refractivity contribution in [1.29, 1.82) is 0 Å². The van der Waals surface area contributed by atoms with Crippen molar-refractivity contribution in [3.8, 4) is 5.88 Å². The van der Waals surface area contributed by atoms with Crippen molar-refractivity contribution in [2.24, 2.45) is 0 Å². The molecule has 1 aromatic rings. The van der Waals surface area contributed by atoms with E-state index < -0.39 is 0 Å². The Labute approximate surface area is 108 Å². The Bertz CT molecular complexity index is 390. The van der Waals surface area contributed by atoms with Crippen LogP contribution in [0.3, 0.4) is 0 Å². The molecule has 0 saturated carbocycles. The van der Waals surface area contributed by atoms with Crippen molar-refractivity contribution < 1.29 is 9.47 Å². The second kappa shape index (κ2) is 6.00. The molecule has 5 heteroatoms. The number of aryl methyl sites for hydroxylation is 1. The summed E-state index contributed by atoms with van der Waals surface area (Å²) in [5.41, 5.74) is 0.903. The van der Waals surface area contributed by atoms with Crippen molar-refractivity contribution >= 4 is 5.95 Å². The van der Waals surface area contributed by atoms with E-state index in [0.29, 0.717) is 17.9 Å². The number of hydrogen-bond donors (Lipinski definition) is 1. The first-order valence-electron chi connectivity index (χ1n) is 6.50. The molecule has 0 aliphatic carbocycles. The highest BCUT2D eigenvalue weighted by Crippen LogP contribution is 2.16. The molecule has 0 aromatic carbocycles. The van der Waals surface area contributed by atoms with Gasteiger partial charge in [-0.15, -0.1) is 0 Å².